The summed E-state index contributed by atoms with van der Waals surface area (Å²) < 4.78 is 0. The maximum atomic E-state index is 12.6. The van der Waals surface area contributed by atoms with Crippen molar-refractivity contribution in [3.05, 3.63) is 0 Å². The number of carbonyl (C=O) groups excluding carboxylic acids is 1. The van der Waals surface area contributed by atoms with Gasteiger partial charge in [0.15, 0.2) is 0 Å². The highest BCUT2D eigenvalue weighted by molar-refractivity contribution is 5.84. The molecule has 19 heavy (non-hydrogen) atoms. The first-order chi connectivity index (χ1) is 9.29. The Morgan fingerprint density at radius 2 is 1.89 bits per heavy atom. The molecule has 1 heterocycles. The lowest BCUT2D eigenvalue weighted by Crippen LogP contribution is -2.45. The first-order valence-corrected chi connectivity index (χ1v) is 8.36. The highest BCUT2D eigenvalue weighted by Crippen LogP contribution is 2.35. The van der Waals surface area contributed by atoms with Gasteiger partial charge >= 0.3 is 0 Å². The first kappa shape index (κ1) is 13.4. The van der Waals surface area contributed by atoms with E-state index in [2.05, 4.69) is 17.1 Å². The molecule has 1 saturated heterocycles. The summed E-state index contributed by atoms with van der Waals surface area (Å²) in [5, 5.41) is 3.66. The zero-order valence-electron chi connectivity index (χ0n) is 12.2. The smallest absolute Gasteiger partial charge is 0.241 e. The average molecular weight is 264 g/mol. The van der Waals surface area contributed by atoms with Crippen molar-refractivity contribution in [2.45, 2.75) is 76.9 Å². The minimum Gasteiger partial charge on any atom is -0.325 e. The fourth-order valence-corrected chi connectivity index (χ4v) is 4.02. The molecule has 3 nitrogen and oxygen atoms in total. The zero-order valence-corrected chi connectivity index (χ0v) is 12.2. The fraction of sp³-hybridized carbons (Fsp3) is 0.938. The zero-order chi connectivity index (χ0) is 13.2. The molecule has 3 fully saturated rings. The van der Waals surface area contributed by atoms with Gasteiger partial charge in [-0.2, -0.15) is 0 Å². The summed E-state index contributed by atoms with van der Waals surface area (Å²) >= 11 is 0. The van der Waals surface area contributed by atoms with Crippen LogP contribution in [0.1, 0.15) is 64.7 Å². The number of amides is 1. The number of hydrogen-bond acceptors (Lipinski definition) is 2. The molecular weight excluding hydrogens is 236 g/mol. The van der Waals surface area contributed by atoms with E-state index in [-0.39, 0.29) is 6.04 Å². The molecule has 1 aliphatic heterocycles. The molecule has 108 valence electrons. The predicted molar refractivity (Wildman–Crippen MR) is 76.6 cm³/mol. The lowest BCUT2D eigenvalue weighted by atomic mass is 9.84. The normalized spacial score (nSPS) is 33.1. The van der Waals surface area contributed by atoms with Crippen molar-refractivity contribution in [3.63, 3.8) is 0 Å². The van der Waals surface area contributed by atoms with Crippen molar-refractivity contribution in [2.75, 3.05) is 6.54 Å². The third-order valence-electron chi connectivity index (χ3n) is 5.39. The molecular formula is C16H28N2O. The lowest BCUT2D eigenvalue weighted by molar-refractivity contribution is -0.131. The second kappa shape index (κ2) is 5.82. The molecule has 0 aromatic heterocycles. The van der Waals surface area contributed by atoms with Crippen LogP contribution in [0.15, 0.2) is 0 Å². The maximum absolute atomic E-state index is 12.6. The van der Waals surface area contributed by atoms with Crippen LogP contribution in [0.25, 0.3) is 0 Å². The van der Waals surface area contributed by atoms with E-state index in [1.54, 1.807) is 0 Å². The molecule has 3 heteroatoms. The molecule has 2 saturated carbocycles. The summed E-state index contributed by atoms with van der Waals surface area (Å²) in [6.07, 6.45) is 11.8. The lowest BCUT2D eigenvalue weighted by Gasteiger charge is -2.35. The van der Waals surface area contributed by atoms with Crippen LogP contribution in [-0.2, 0) is 4.79 Å². The molecule has 2 unspecified atom stereocenters. The fourth-order valence-electron chi connectivity index (χ4n) is 4.02. The number of carbonyl (C=O) groups is 1. The van der Waals surface area contributed by atoms with E-state index in [1.807, 2.05) is 0 Å². The van der Waals surface area contributed by atoms with Crippen molar-refractivity contribution in [1.29, 1.82) is 0 Å². The minimum atomic E-state index is 0.107. The number of nitrogens with one attached hydrogen (secondary N) is 1. The molecule has 3 rings (SSSR count). The Labute approximate surface area is 117 Å². The van der Waals surface area contributed by atoms with Crippen molar-refractivity contribution < 1.29 is 4.79 Å². The van der Waals surface area contributed by atoms with Crippen LogP contribution in [0, 0.1) is 11.8 Å². The molecule has 0 spiro atoms. The summed E-state index contributed by atoms with van der Waals surface area (Å²) in [7, 11) is 0. The molecule has 0 aromatic carbocycles. The van der Waals surface area contributed by atoms with E-state index < -0.39 is 0 Å². The number of nitrogens with zero attached hydrogens (tertiary/aromatic N) is 1. The Hall–Kier alpha value is -0.570. The van der Waals surface area contributed by atoms with Gasteiger partial charge in [-0.25, -0.2) is 0 Å². The summed E-state index contributed by atoms with van der Waals surface area (Å²) in [4.78, 5) is 14.8. The van der Waals surface area contributed by atoms with Gasteiger partial charge in [0.25, 0.3) is 0 Å². The van der Waals surface area contributed by atoms with E-state index in [9.17, 15) is 4.79 Å². The number of rotatable bonds is 5. The van der Waals surface area contributed by atoms with Gasteiger partial charge in [-0.1, -0.05) is 32.6 Å². The third-order valence-corrected chi connectivity index (χ3v) is 5.39. The van der Waals surface area contributed by atoms with E-state index in [0.29, 0.717) is 18.0 Å². The second-order valence-electron chi connectivity index (χ2n) is 6.78. The van der Waals surface area contributed by atoms with Crippen LogP contribution in [-0.4, -0.2) is 29.6 Å². The van der Waals surface area contributed by atoms with E-state index in [0.717, 1.165) is 25.3 Å². The quantitative estimate of drug-likeness (QED) is 0.828. The predicted octanol–water partition coefficient (Wildman–Crippen LogP) is 2.90. The standard InChI is InChI=1S/C16H28N2O/c1-2-6-14-16(19)18(11-12-7-5-8-12)15(17-14)13-9-3-4-10-13/h12-15,17H,2-11H2,1H3. The minimum absolute atomic E-state index is 0.107. The highest BCUT2D eigenvalue weighted by Gasteiger charge is 2.43. The molecule has 0 radical (unpaired) electrons. The van der Waals surface area contributed by atoms with Gasteiger partial charge in [0.1, 0.15) is 0 Å². The molecule has 3 aliphatic rings. The largest absolute Gasteiger partial charge is 0.325 e. The van der Waals surface area contributed by atoms with Crippen LogP contribution < -0.4 is 5.32 Å². The van der Waals surface area contributed by atoms with Crippen molar-refractivity contribution in [3.8, 4) is 0 Å². The van der Waals surface area contributed by atoms with Crippen molar-refractivity contribution in [2.24, 2.45) is 11.8 Å². The molecule has 2 aliphatic carbocycles. The molecule has 0 bridgehead atoms. The van der Waals surface area contributed by atoms with Gasteiger partial charge in [-0.15, -0.1) is 0 Å². The molecule has 1 N–H and O–H groups in total. The number of hydrogen-bond donors (Lipinski definition) is 1. The van der Waals surface area contributed by atoms with Crippen LogP contribution in [0.2, 0.25) is 0 Å². The SMILES string of the molecule is CCCC1NC(C2CCCC2)N(CC2CCC2)C1=O. The highest BCUT2D eigenvalue weighted by atomic mass is 16.2. The van der Waals surface area contributed by atoms with E-state index in [1.165, 1.54) is 44.9 Å². The Balaban J connectivity index is 1.68. The van der Waals surface area contributed by atoms with Gasteiger partial charge in [0.2, 0.25) is 5.91 Å². The van der Waals surface area contributed by atoms with Crippen LogP contribution in [0.3, 0.4) is 0 Å². The Morgan fingerprint density at radius 3 is 2.47 bits per heavy atom. The van der Waals surface area contributed by atoms with Crippen LogP contribution in [0.5, 0.6) is 0 Å². The van der Waals surface area contributed by atoms with E-state index in [4.69, 9.17) is 0 Å². The van der Waals surface area contributed by atoms with Crippen LogP contribution >= 0.6 is 0 Å². The molecule has 2 atom stereocenters. The Kier molecular flexibility index (Phi) is 4.11. The van der Waals surface area contributed by atoms with Crippen molar-refractivity contribution >= 4 is 5.91 Å². The van der Waals surface area contributed by atoms with Gasteiger partial charge < -0.3 is 4.90 Å². The van der Waals surface area contributed by atoms with Gasteiger partial charge in [0.05, 0.1) is 12.2 Å². The Bertz CT molecular complexity index is 321. The molecule has 0 aromatic rings. The second-order valence-corrected chi connectivity index (χ2v) is 6.78. The maximum Gasteiger partial charge on any atom is 0.241 e. The summed E-state index contributed by atoms with van der Waals surface area (Å²) in [6.45, 7) is 3.20. The first-order valence-electron chi connectivity index (χ1n) is 8.36. The monoisotopic (exact) mass is 264 g/mol. The summed E-state index contributed by atoms with van der Waals surface area (Å²) in [5.41, 5.74) is 0. The summed E-state index contributed by atoms with van der Waals surface area (Å²) in [5.74, 6) is 1.89. The Morgan fingerprint density at radius 1 is 1.16 bits per heavy atom. The molecule has 1 amide bonds. The van der Waals surface area contributed by atoms with Gasteiger partial charge in [-0.05, 0) is 43.9 Å². The van der Waals surface area contributed by atoms with Crippen LogP contribution in [0.4, 0.5) is 0 Å². The van der Waals surface area contributed by atoms with E-state index >= 15 is 0 Å². The third kappa shape index (κ3) is 2.67. The average Bonchev–Trinajstić information content (AvgIpc) is 2.95. The topological polar surface area (TPSA) is 32.3 Å². The summed E-state index contributed by atoms with van der Waals surface area (Å²) in [6, 6.07) is 0.107. The van der Waals surface area contributed by atoms with Crippen molar-refractivity contribution in [1.82, 2.24) is 10.2 Å². The van der Waals surface area contributed by atoms with Gasteiger partial charge in [0, 0.05) is 6.54 Å². The van der Waals surface area contributed by atoms with Gasteiger partial charge in [-0.3, -0.25) is 10.1 Å².